The largest absolute Gasteiger partial charge is 0.353 e. The Bertz CT molecular complexity index is 639. The SMILES string of the molecule is O=C(CCn1c(=S)[nH]c2ccccc21)NC1CC1. The van der Waals surface area contributed by atoms with Gasteiger partial charge in [-0.25, -0.2) is 0 Å². The van der Waals surface area contributed by atoms with Crippen LogP contribution in [-0.4, -0.2) is 21.5 Å². The number of carbonyl (C=O) groups is 1. The van der Waals surface area contributed by atoms with Crippen LogP contribution >= 0.6 is 12.2 Å². The minimum absolute atomic E-state index is 0.115. The van der Waals surface area contributed by atoms with E-state index in [2.05, 4.69) is 10.3 Å². The van der Waals surface area contributed by atoms with Crippen molar-refractivity contribution in [2.75, 3.05) is 0 Å². The van der Waals surface area contributed by atoms with Gasteiger partial charge in [-0.05, 0) is 37.2 Å². The lowest BCUT2D eigenvalue weighted by Gasteiger charge is -2.05. The summed E-state index contributed by atoms with van der Waals surface area (Å²) in [6, 6.07) is 8.38. The highest BCUT2D eigenvalue weighted by molar-refractivity contribution is 7.71. The third-order valence-corrected chi connectivity index (χ3v) is 3.51. The number of fused-ring (bicyclic) bond motifs is 1. The van der Waals surface area contributed by atoms with E-state index >= 15 is 0 Å². The second-order valence-corrected chi connectivity index (χ2v) is 5.08. The number of rotatable bonds is 4. The zero-order valence-electron chi connectivity index (χ0n) is 9.98. The van der Waals surface area contributed by atoms with Gasteiger partial charge in [0.05, 0.1) is 11.0 Å². The molecule has 1 heterocycles. The summed E-state index contributed by atoms with van der Waals surface area (Å²) in [5.74, 6) is 0.115. The van der Waals surface area contributed by atoms with E-state index in [0.717, 1.165) is 23.9 Å². The molecule has 94 valence electrons. The third-order valence-electron chi connectivity index (χ3n) is 3.19. The number of hydrogen-bond acceptors (Lipinski definition) is 2. The van der Waals surface area contributed by atoms with Crippen molar-refractivity contribution in [1.82, 2.24) is 14.9 Å². The fraction of sp³-hybridized carbons (Fsp3) is 0.385. The molecule has 0 radical (unpaired) electrons. The monoisotopic (exact) mass is 261 g/mol. The lowest BCUT2D eigenvalue weighted by molar-refractivity contribution is -0.121. The van der Waals surface area contributed by atoms with Gasteiger partial charge in [0.1, 0.15) is 0 Å². The lowest BCUT2D eigenvalue weighted by Crippen LogP contribution is -2.26. The van der Waals surface area contributed by atoms with Gasteiger partial charge in [0, 0.05) is 19.0 Å². The van der Waals surface area contributed by atoms with Crippen LogP contribution < -0.4 is 5.32 Å². The maximum atomic E-state index is 11.7. The van der Waals surface area contributed by atoms with E-state index in [9.17, 15) is 4.79 Å². The molecule has 1 fully saturated rings. The molecule has 2 N–H and O–H groups in total. The highest BCUT2D eigenvalue weighted by Crippen LogP contribution is 2.19. The smallest absolute Gasteiger partial charge is 0.222 e. The van der Waals surface area contributed by atoms with Crippen LogP contribution in [0.25, 0.3) is 11.0 Å². The summed E-state index contributed by atoms with van der Waals surface area (Å²) in [4.78, 5) is 14.8. The summed E-state index contributed by atoms with van der Waals surface area (Å²) >= 11 is 5.28. The summed E-state index contributed by atoms with van der Waals surface area (Å²) in [7, 11) is 0. The highest BCUT2D eigenvalue weighted by Gasteiger charge is 2.22. The van der Waals surface area contributed by atoms with Crippen molar-refractivity contribution in [3.8, 4) is 0 Å². The molecule has 18 heavy (non-hydrogen) atoms. The molecule has 1 aliphatic rings. The molecule has 0 unspecified atom stereocenters. The zero-order valence-corrected chi connectivity index (χ0v) is 10.8. The summed E-state index contributed by atoms with van der Waals surface area (Å²) < 4.78 is 2.66. The number of benzene rings is 1. The average molecular weight is 261 g/mol. The maximum absolute atomic E-state index is 11.7. The number of hydrogen-bond donors (Lipinski definition) is 2. The second-order valence-electron chi connectivity index (χ2n) is 4.69. The van der Waals surface area contributed by atoms with Crippen LogP contribution in [0.3, 0.4) is 0 Å². The van der Waals surface area contributed by atoms with E-state index in [1.165, 1.54) is 0 Å². The van der Waals surface area contributed by atoms with Crippen molar-refractivity contribution in [3.05, 3.63) is 29.0 Å². The Morgan fingerprint density at radius 1 is 1.44 bits per heavy atom. The van der Waals surface area contributed by atoms with Crippen molar-refractivity contribution < 1.29 is 4.79 Å². The number of nitrogens with zero attached hydrogens (tertiary/aromatic N) is 1. The summed E-state index contributed by atoms with van der Waals surface area (Å²) in [5.41, 5.74) is 2.08. The van der Waals surface area contributed by atoms with Gasteiger partial charge in [-0.1, -0.05) is 12.1 Å². The van der Waals surface area contributed by atoms with Crippen molar-refractivity contribution in [2.45, 2.75) is 31.8 Å². The summed E-state index contributed by atoms with van der Waals surface area (Å²) in [6.45, 7) is 0.626. The van der Waals surface area contributed by atoms with Crippen molar-refractivity contribution >= 4 is 29.2 Å². The first-order valence-corrected chi connectivity index (χ1v) is 6.62. The Morgan fingerprint density at radius 2 is 2.22 bits per heavy atom. The van der Waals surface area contributed by atoms with E-state index in [1.807, 2.05) is 28.8 Å². The topological polar surface area (TPSA) is 49.8 Å². The summed E-state index contributed by atoms with van der Waals surface area (Å²) in [6.07, 6.45) is 2.73. The molecule has 0 saturated heterocycles. The van der Waals surface area contributed by atoms with Crippen molar-refractivity contribution in [1.29, 1.82) is 0 Å². The number of H-pyrrole nitrogens is 1. The molecule has 0 atom stereocenters. The minimum atomic E-state index is 0.115. The van der Waals surface area contributed by atoms with Crippen LogP contribution in [0.15, 0.2) is 24.3 Å². The predicted molar refractivity (Wildman–Crippen MR) is 72.9 cm³/mol. The number of aromatic nitrogens is 2. The molecule has 2 aromatic rings. The van der Waals surface area contributed by atoms with Gasteiger partial charge < -0.3 is 14.9 Å². The third kappa shape index (κ3) is 2.31. The van der Waals surface area contributed by atoms with Gasteiger partial charge in [-0.3, -0.25) is 4.79 Å². The van der Waals surface area contributed by atoms with E-state index < -0.39 is 0 Å². The molecule has 0 spiro atoms. The molecule has 1 amide bonds. The molecular weight excluding hydrogens is 246 g/mol. The minimum Gasteiger partial charge on any atom is -0.353 e. The first kappa shape index (κ1) is 11.5. The molecule has 0 bridgehead atoms. The Morgan fingerprint density at radius 3 is 3.00 bits per heavy atom. The van der Waals surface area contributed by atoms with Gasteiger partial charge in [-0.2, -0.15) is 0 Å². The van der Waals surface area contributed by atoms with Crippen LogP contribution in [0.1, 0.15) is 19.3 Å². The Labute approximate surface area is 110 Å². The Balaban J connectivity index is 1.75. The molecule has 3 rings (SSSR count). The van der Waals surface area contributed by atoms with E-state index in [4.69, 9.17) is 12.2 Å². The van der Waals surface area contributed by atoms with E-state index in [0.29, 0.717) is 23.8 Å². The first-order valence-electron chi connectivity index (χ1n) is 6.21. The molecule has 1 aromatic carbocycles. The quantitative estimate of drug-likeness (QED) is 0.830. The highest BCUT2D eigenvalue weighted by atomic mass is 32.1. The van der Waals surface area contributed by atoms with Gasteiger partial charge in [0.15, 0.2) is 4.77 Å². The van der Waals surface area contributed by atoms with Crippen LogP contribution in [0.4, 0.5) is 0 Å². The first-order chi connectivity index (χ1) is 8.74. The number of aromatic amines is 1. The molecular formula is C13H15N3OS. The van der Waals surface area contributed by atoms with Crippen molar-refractivity contribution in [2.24, 2.45) is 0 Å². The van der Waals surface area contributed by atoms with Gasteiger partial charge in [0.2, 0.25) is 5.91 Å². The molecule has 1 aliphatic carbocycles. The predicted octanol–water partition coefficient (Wildman–Crippen LogP) is 2.37. The molecule has 4 nitrogen and oxygen atoms in total. The van der Waals surface area contributed by atoms with Gasteiger partial charge >= 0.3 is 0 Å². The average Bonchev–Trinajstić information content (AvgIpc) is 3.09. The summed E-state index contributed by atoms with van der Waals surface area (Å²) in [5, 5.41) is 2.99. The maximum Gasteiger partial charge on any atom is 0.222 e. The number of nitrogens with one attached hydrogen (secondary N) is 2. The van der Waals surface area contributed by atoms with E-state index in [1.54, 1.807) is 0 Å². The van der Waals surface area contributed by atoms with E-state index in [-0.39, 0.29) is 5.91 Å². The Hall–Kier alpha value is -1.62. The lowest BCUT2D eigenvalue weighted by atomic mass is 10.3. The second kappa shape index (κ2) is 4.57. The fourth-order valence-electron chi connectivity index (χ4n) is 2.07. The number of aryl methyl sites for hydroxylation is 1. The number of imidazole rings is 1. The van der Waals surface area contributed by atoms with Crippen LogP contribution in [0, 0.1) is 4.77 Å². The van der Waals surface area contributed by atoms with Crippen molar-refractivity contribution in [3.63, 3.8) is 0 Å². The standard InChI is InChI=1S/C13H15N3OS/c17-12(14-9-5-6-9)7-8-16-11-4-2-1-3-10(11)15-13(16)18/h1-4,9H,5-8H2,(H,14,17)(H,15,18). The Kier molecular flexibility index (Phi) is 2.91. The number of carbonyl (C=O) groups excluding carboxylic acids is 1. The molecule has 1 aromatic heterocycles. The number of amides is 1. The molecule has 5 heteroatoms. The number of para-hydroxylation sites is 2. The normalized spacial score (nSPS) is 14.9. The van der Waals surface area contributed by atoms with Gasteiger partial charge in [-0.15, -0.1) is 0 Å². The fourth-order valence-corrected chi connectivity index (χ4v) is 2.37. The van der Waals surface area contributed by atoms with Crippen LogP contribution in [-0.2, 0) is 11.3 Å². The van der Waals surface area contributed by atoms with Crippen LogP contribution in [0.2, 0.25) is 0 Å². The molecule has 1 saturated carbocycles. The zero-order chi connectivity index (χ0) is 12.5. The van der Waals surface area contributed by atoms with Crippen LogP contribution in [0.5, 0.6) is 0 Å². The van der Waals surface area contributed by atoms with Gasteiger partial charge in [0.25, 0.3) is 0 Å². The molecule has 0 aliphatic heterocycles.